The van der Waals surface area contributed by atoms with Crippen molar-refractivity contribution < 1.29 is 13.4 Å². The van der Waals surface area contributed by atoms with Gasteiger partial charge in [-0.15, -0.1) is 0 Å². The molecule has 1 unspecified atom stereocenters. The summed E-state index contributed by atoms with van der Waals surface area (Å²) in [5, 5.41) is 2.73. The average molecular weight is 257 g/mol. The summed E-state index contributed by atoms with van der Waals surface area (Å²) in [5.74, 6) is -0.219. The summed E-state index contributed by atoms with van der Waals surface area (Å²) in [6, 6.07) is 5.57. The summed E-state index contributed by atoms with van der Waals surface area (Å²) in [6.07, 6.45) is 0.210. The predicted octanol–water partition coefficient (Wildman–Crippen LogP) is 1.85. The highest BCUT2D eigenvalue weighted by molar-refractivity contribution is 7.85. The molecule has 0 saturated carbocycles. The Hall–Kier alpha value is -1.23. The van der Waals surface area contributed by atoms with E-state index in [0.717, 1.165) is 0 Å². The molecular formula is C12H16FNO2S. The molecule has 0 radical (unpaired) electrons. The van der Waals surface area contributed by atoms with Gasteiger partial charge in [0.2, 0.25) is 5.91 Å². The monoisotopic (exact) mass is 257 g/mol. The predicted molar refractivity (Wildman–Crippen MR) is 65.6 cm³/mol. The summed E-state index contributed by atoms with van der Waals surface area (Å²) >= 11 is 0. The van der Waals surface area contributed by atoms with Crippen molar-refractivity contribution in [3.8, 4) is 0 Å². The number of hydrogen-bond acceptors (Lipinski definition) is 2. The zero-order valence-electron chi connectivity index (χ0n) is 9.90. The lowest BCUT2D eigenvalue weighted by molar-refractivity contribution is -0.121. The summed E-state index contributed by atoms with van der Waals surface area (Å²) in [7, 11) is -1.25. The van der Waals surface area contributed by atoms with Crippen molar-refractivity contribution in [3.63, 3.8) is 0 Å². The van der Waals surface area contributed by atoms with Gasteiger partial charge in [-0.3, -0.25) is 9.00 Å². The maximum absolute atomic E-state index is 12.6. The molecule has 1 rings (SSSR count). The highest BCUT2D eigenvalue weighted by Crippen LogP contribution is 2.08. The third-order valence-corrected chi connectivity index (χ3v) is 3.41. The Bertz CT molecular complexity index is 403. The van der Waals surface area contributed by atoms with Crippen LogP contribution in [0.3, 0.4) is 0 Å². The number of carbonyl (C=O) groups is 1. The Morgan fingerprint density at radius 1 is 1.35 bits per heavy atom. The van der Waals surface area contributed by atoms with E-state index >= 15 is 0 Å². The maximum atomic E-state index is 12.6. The van der Waals surface area contributed by atoms with Gasteiger partial charge >= 0.3 is 0 Å². The first kappa shape index (κ1) is 13.8. The lowest BCUT2D eigenvalue weighted by atomic mass is 10.3. The lowest BCUT2D eigenvalue weighted by Crippen LogP contribution is -2.30. The highest BCUT2D eigenvalue weighted by Gasteiger charge is 2.08. The second kappa shape index (κ2) is 6.49. The van der Waals surface area contributed by atoms with Crippen LogP contribution >= 0.6 is 0 Å². The standard InChI is InChI=1S/C12H16FNO2S/c1-9(2)14-12(15)7-8-17(16)11-5-3-10(13)4-6-11/h3-6,9H,7-8H2,1-2H3,(H,14,15). The van der Waals surface area contributed by atoms with Crippen molar-refractivity contribution in [2.45, 2.75) is 31.2 Å². The van der Waals surface area contributed by atoms with Gasteiger partial charge in [-0.05, 0) is 38.1 Å². The van der Waals surface area contributed by atoms with Crippen LogP contribution in [0.15, 0.2) is 29.2 Å². The molecule has 5 heteroatoms. The van der Waals surface area contributed by atoms with E-state index in [4.69, 9.17) is 0 Å². The van der Waals surface area contributed by atoms with Crippen LogP contribution in [-0.4, -0.2) is 21.9 Å². The Labute approximate surface area is 103 Å². The van der Waals surface area contributed by atoms with Crippen LogP contribution in [0.25, 0.3) is 0 Å². The topological polar surface area (TPSA) is 46.2 Å². The Balaban J connectivity index is 2.45. The minimum atomic E-state index is -1.25. The van der Waals surface area contributed by atoms with Gasteiger partial charge < -0.3 is 5.32 Å². The van der Waals surface area contributed by atoms with Crippen LogP contribution in [0.1, 0.15) is 20.3 Å². The van der Waals surface area contributed by atoms with Crippen LogP contribution in [-0.2, 0) is 15.6 Å². The van der Waals surface area contributed by atoms with Gasteiger partial charge in [-0.2, -0.15) is 0 Å². The zero-order valence-corrected chi connectivity index (χ0v) is 10.7. The number of benzene rings is 1. The number of halogens is 1. The van der Waals surface area contributed by atoms with E-state index in [9.17, 15) is 13.4 Å². The van der Waals surface area contributed by atoms with Gasteiger partial charge in [0.15, 0.2) is 0 Å². The lowest BCUT2D eigenvalue weighted by Gasteiger charge is -2.07. The van der Waals surface area contributed by atoms with Crippen molar-refractivity contribution in [3.05, 3.63) is 30.1 Å². The van der Waals surface area contributed by atoms with Gasteiger partial charge in [0.05, 0.1) is 10.8 Å². The second-order valence-corrected chi connectivity index (χ2v) is 5.55. The molecule has 17 heavy (non-hydrogen) atoms. The summed E-state index contributed by atoms with van der Waals surface area (Å²) in [5.41, 5.74) is 0. The Morgan fingerprint density at radius 3 is 2.47 bits per heavy atom. The van der Waals surface area contributed by atoms with Crippen LogP contribution in [0.2, 0.25) is 0 Å². The first-order chi connectivity index (χ1) is 7.99. The van der Waals surface area contributed by atoms with E-state index in [1.54, 1.807) is 0 Å². The molecule has 3 nitrogen and oxygen atoms in total. The molecule has 0 aliphatic heterocycles. The molecular weight excluding hydrogens is 241 g/mol. The van der Waals surface area contributed by atoms with Gasteiger partial charge in [0.1, 0.15) is 5.82 Å². The Kier molecular flexibility index (Phi) is 5.28. The summed E-state index contributed by atoms with van der Waals surface area (Å²) < 4.78 is 24.4. The molecule has 1 aromatic carbocycles. The minimum absolute atomic E-state index is 0.0850. The summed E-state index contributed by atoms with van der Waals surface area (Å²) in [6.45, 7) is 3.74. The van der Waals surface area contributed by atoms with E-state index in [2.05, 4.69) is 5.32 Å². The van der Waals surface area contributed by atoms with E-state index in [0.29, 0.717) is 4.90 Å². The molecule has 1 atom stereocenters. The molecule has 0 bridgehead atoms. The fourth-order valence-corrected chi connectivity index (χ4v) is 2.33. The molecule has 0 spiro atoms. The fourth-order valence-electron chi connectivity index (χ4n) is 1.28. The molecule has 0 aliphatic carbocycles. The quantitative estimate of drug-likeness (QED) is 0.875. The average Bonchev–Trinajstić information content (AvgIpc) is 2.26. The van der Waals surface area contributed by atoms with Gasteiger partial charge in [-0.25, -0.2) is 4.39 Å². The first-order valence-electron chi connectivity index (χ1n) is 5.42. The van der Waals surface area contributed by atoms with Crippen molar-refractivity contribution in [1.29, 1.82) is 0 Å². The van der Waals surface area contributed by atoms with E-state index in [1.807, 2.05) is 13.8 Å². The number of nitrogens with one attached hydrogen (secondary N) is 1. The van der Waals surface area contributed by atoms with Gasteiger partial charge in [-0.1, -0.05) is 0 Å². The smallest absolute Gasteiger partial charge is 0.221 e. The third kappa shape index (κ3) is 5.08. The van der Waals surface area contributed by atoms with Crippen LogP contribution < -0.4 is 5.32 Å². The highest BCUT2D eigenvalue weighted by atomic mass is 32.2. The molecule has 0 saturated heterocycles. The molecule has 0 heterocycles. The number of amides is 1. The van der Waals surface area contributed by atoms with E-state index < -0.39 is 10.8 Å². The van der Waals surface area contributed by atoms with Crippen LogP contribution in [0.5, 0.6) is 0 Å². The van der Waals surface area contributed by atoms with Crippen molar-refractivity contribution >= 4 is 16.7 Å². The van der Waals surface area contributed by atoms with Crippen molar-refractivity contribution in [1.82, 2.24) is 5.32 Å². The van der Waals surface area contributed by atoms with Gasteiger partial charge in [0, 0.05) is 23.1 Å². The second-order valence-electron chi connectivity index (χ2n) is 3.98. The SMILES string of the molecule is CC(C)NC(=O)CCS(=O)c1ccc(F)cc1. The molecule has 1 amide bonds. The Morgan fingerprint density at radius 2 is 1.94 bits per heavy atom. The molecule has 1 N–H and O–H groups in total. The molecule has 0 aromatic heterocycles. The minimum Gasteiger partial charge on any atom is -0.354 e. The molecule has 1 aromatic rings. The first-order valence-corrected chi connectivity index (χ1v) is 6.74. The van der Waals surface area contributed by atoms with Crippen molar-refractivity contribution in [2.75, 3.05) is 5.75 Å². The molecule has 0 aliphatic rings. The van der Waals surface area contributed by atoms with Gasteiger partial charge in [0.25, 0.3) is 0 Å². The maximum Gasteiger partial charge on any atom is 0.221 e. The number of rotatable bonds is 5. The van der Waals surface area contributed by atoms with E-state index in [1.165, 1.54) is 24.3 Å². The number of carbonyl (C=O) groups excluding carboxylic acids is 1. The van der Waals surface area contributed by atoms with Crippen LogP contribution in [0.4, 0.5) is 4.39 Å². The fraction of sp³-hybridized carbons (Fsp3) is 0.417. The third-order valence-electron chi connectivity index (χ3n) is 2.04. The normalized spacial score (nSPS) is 12.5. The molecule has 0 fully saturated rings. The van der Waals surface area contributed by atoms with E-state index in [-0.39, 0.29) is 29.9 Å². The van der Waals surface area contributed by atoms with Crippen LogP contribution in [0, 0.1) is 5.82 Å². The largest absolute Gasteiger partial charge is 0.354 e. The van der Waals surface area contributed by atoms with Crippen molar-refractivity contribution in [2.24, 2.45) is 0 Å². The zero-order chi connectivity index (χ0) is 12.8. The summed E-state index contributed by atoms with van der Waals surface area (Å²) in [4.78, 5) is 11.9. The number of hydrogen-bond donors (Lipinski definition) is 1. The molecule has 94 valence electrons.